The lowest BCUT2D eigenvalue weighted by Gasteiger charge is -2.01. The average molecular weight is 1660 g/mol. The topological polar surface area (TPSA) is 738 Å². The van der Waals surface area contributed by atoms with Gasteiger partial charge in [0.2, 0.25) is 5.69 Å². The fourth-order valence-corrected chi connectivity index (χ4v) is 0.447. The van der Waals surface area contributed by atoms with Gasteiger partial charge in [-0.2, -0.15) is 41.3 Å². The number of halogens is 1. The van der Waals surface area contributed by atoms with Crippen molar-refractivity contribution in [2.24, 2.45) is 5.73 Å². The summed E-state index contributed by atoms with van der Waals surface area (Å²) in [5.41, 5.74) is 2.16. The Bertz CT molecular complexity index is 1890. The second-order valence-corrected chi connectivity index (χ2v) is 40.1. The van der Waals surface area contributed by atoms with Crippen molar-refractivity contribution in [1.29, 1.82) is 0 Å². The highest BCUT2D eigenvalue weighted by Gasteiger charge is 2.25. The minimum absolute atomic E-state index is 0.0486. The molecule has 0 fully saturated rings. The second kappa shape index (κ2) is 66.7. The largest absolute Gasteiger partial charge is 0.694 e. The molecule has 84 heavy (non-hydrogen) atoms. The van der Waals surface area contributed by atoms with Crippen molar-refractivity contribution in [1.82, 2.24) is 5.09 Å². The number of nitrogens with one attached hydrogen (secondary N) is 1. The summed E-state index contributed by atoms with van der Waals surface area (Å²) in [6.45, 7) is -2.98. The molecule has 45 nitrogen and oxygen atoms in total. The van der Waals surface area contributed by atoms with Gasteiger partial charge in [-0.25, -0.2) is 18.3 Å². The van der Waals surface area contributed by atoms with Crippen molar-refractivity contribution in [3.8, 4) is 0 Å². The van der Waals surface area contributed by atoms with E-state index in [4.69, 9.17) is 98.0 Å². The zero-order valence-electron chi connectivity index (χ0n) is 46.2. The summed E-state index contributed by atoms with van der Waals surface area (Å²) in [4.78, 5) is 136. The van der Waals surface area contributed by atoms with E-state index in [1.165, 1.54) is 49.3 Å². The van der Waals surface area contributed by atoms with Crippen LogP contribution in [0.3, 0.4) is 0 Å². The average Bonchev–Trinajstić information content (AvgIpc) is 3.34. The summed E-state index contributed by atoms with van der Waals surface area (Å²) in [5, 5.41) is 2.19. The highest BCUT2D eigenvalue weighted by molar-refractivity contribution is 8.59. The molecule has 65 heteroatoms. The van der Waals surface area contributed by atoms with E-state index in [1.807, 2.05) is 0 Å². The molecule has 0 bridgehead atoms. The molecule has 0 saturated heterocycles. The minimum Gasteiger partial charge on any atom is -0.338 e. The standard InChI is InChI=1S/C2H8NO3P.C2H7O4P.C2H7O3P.C2H8O3P.C2H6O3S.CH4ClO3P.CH7NO2PS.2CH5O4P.CH4O4S.CH5O3PS.CH3O3P.CH5O2PS2.CH3O2PS/c1-6-7(4,5)2-3;1-5-7(3,4)6-2;1-5-6(2,3)4;2*1-2-6(3,4)5;1-5-6(2,3)4;1-2-5(3,4)6;3*1-5-6(2,3)4;1-4-5(2,3)6;1-4-5(2)3;1-3-4(2,5)6;1-3-4(2)5/h2-3H2,1H3,(H,4,5);1-2H3,(H,3,4);1-2H3,(H,3,4);3-5H,2H2,1H3;2H2,1H3,(H,3,4,5);1H3,(H,3,4);2-4,6H,1H3;2*1H3,(H2,2,3,4);1H3,(H,2,3,4);1H3,(H2,2,3,6);1H3;1H3,(H2,2,5,6);1H3/q;;;+1;;;+1;;;;;;;/p+2. The van der Waals surface area contributed by atoms with Crippen LogP contribution in [-0.4, -0.2) is 226 Å². The smallest absolute Gasteiger partial charge is 0.338 e. The fraction of sp³-hybridized carbons (Fsp3) is 1.00. The molecule has 0 aliphatic heterocycles. The third-order valence-corrected chi connectivity index (χ3v) is 15.2. The second-order valence-electron chi connectivity index (χ2n) is 10.3. The maximum Gasteiger partial charge on any atom is 0.694 e. The first-order valence-corrected chi connectivity index (χ1v) is 46.4. The first kappa shape index (κ1) is 121. The van der Waals surface area contributed by atoms with Crippen molar-refractivity contribution >= 4 is 181 Å². The van der Waals surface area contributed by atoms with Crippen molar-refractivity contribution in [2.45, 2.75) is 13.8 Å². The first-order valence-electron chi connectivity index (χ1n) is 18.0. The van der Waals surface area contributed by atoms with E-state index in [-0.39, 0.29) is 18.2 Å². The molecule has 0 amide bonds. The maximum absolute atomic E-state index is 10.2. The van der Waals surface area contributed by atoms with Gasteiger partial charge in [0.25, 0.3) is 10.1 Å². The number of phosphoric ester groups is 3. The normalized spacial score (nSPS) is 14.0. The molecule has 6 atom stereocenters. The van der Waals surface area contributed by atoms with Gasteiger partial charge in [-0.3, -0.25) is 40.5 Å². The van der Waals surface area contributed by atoms with Crippen LogP contribution in [0.25, 0.3) is 0 Å². The number of hydrogen-bond donors (Lipinski definition) is 24. The Morgan fingerprint density at radius 2 is 0.798 bits per heavy atom. The van der Waals surface area contributed by atoms with Crippen LogP contribution in [0.5, 0.6) is 0 Å². The van der Waals surface area contributed by atoms with Crippen LogP contribution in [0.1, 0.15) is 13.8 Å². The number of phosphoric acid groups is 3. The molecule has 0 aliphatic rings. The SMILES string of the molecule is CCS(=O)(=O)O.CC[P+](O)(O)O.CN[P+](O)(O)S.COP(=O)(O)CN.COP(=O)(O)Cl.COP(=O)(O)O.COP(=O)(O)O.COP(=O)(O)OC.COP(C)(=O)O.COP(O)(=S)S.COP(O)(O)=S.COS(=O)(=O)O.CO[P+](=O)O.CO[P+](=O)S. The van der Waals surface area contributed by atoms with Gasteiger partial charge in [-0.15, -0.1) is 19.0 Å². The predicted octanol–water partition coefficient (Wildman–Crippen LogP) is 1.98. The Balaban J connectivity index is -0.0000000524. The highest BCUT2D eigenvalue weighted by Crippen LogP contribution is 2.49. The molecular weight excluding hydrogens is 1580 g/mol. The van der Waals surface area contributed by atoms with Gasteiger partial charge in [0.05, 0.1) is 45.6 Å². The van der Waals surface area contributed by atoms with E-state index in [2.05, 4.69) is 131 Å². The summed E-state index contributed by atoms with van der Waals surface area (Å²) < 4.78 is 178. The van der Waals surface area contributed by atoms with Gasteiger partial charge in [-0.05, 0) is 42.0 Å². The van der Waals surface area contributed by atoms with Crippen molar-refractivity contribution in [3.63, 3.8) is 0 Å². The zero-order valence-corrected chi connectivity index (χ0v) is 63.7. The van der Waals surface area contributed by atoms with Crippen LogP contribution in [0, 0.1) is 0 Å². The summed E-state index contributed by atoms with van der Waals surface area (Å²) in [7, 11) is -21.9. The predicted molar refractivity (Wildman–Crippen MR) is 326 cm³/mol. The number of hydrogen-bond acceptors (Lipinski definition) is 34. The minimum atomic E-state index is -4.16. The molecule has 0 aliphatic carbocycles. The molecule has 0 radical (unpaired) electrons. The highest BCUT2D eigenvalue weighted by atomic mass is 35.7. The van der Waals surface area contributed by atoms with Crippen molar-refractivity contribution < 1.29 is 200 Å². The lowest BCUT2D eigenvalue weighted by molar-refractivity contribution is 0.204. The molecule has 0 aromatic heterocycles. The third-order valence-electron chi connectivity index (χ3n) is 4.10. The third kappa shape index (κ3) is 249. The van der Waals surface area contributed by atoms with Gasteiger partial charge in [-0.1, -0.05) is 12.2 Å². The Hall–Kier alpha value is 3.66. The molecule has 0 spiro atoms. The van der Waals surface area contributed by atoms with E-state index >= 15 is 0 Å². The molecule has 0 saturated carbocycles. The van der Waals surface area contributed by atoms with E-state index < -0.39 is 109 Å². The lowest BCUT2D eigenvalue weighted by Crippen LogP contribution is -2.01. The summed E-state index contributed by atoms with van der Waals surface area (Å²) >= 11 is 23.2. The van der Waals surface area contributed by atoms with Gasteiger partial charge in [0.15, 0.2) is 0 Å². The van der Waals surface area contributed by atoms with Gasteiger partial charge < -0.3 is 82.2 Å². The lowest BCUT2D eigenvalue weighted by atomic mass is 11.0. The molecule has 0 aromatic rings. The van der Waals surface area contributed by atoms with Crippen LogP contribution in [-0.2, 0) is 135 Å². The van der Waals surface area contributed by atoms with Crippen molar-refractivity contribution in [3.05, 3.63) is 0 Å². The molecule has 0 aromatic carbocycles. The van der Waals surface area contributed by atoms with Gasteiger partial charge >= 0.3 is 93.2 Å². The van der Waals surface area contributed by atoms with E-state index in [0.29, 0.717) is 0 Å². The Kier molecular flexibility index (Phi) is 96.3. The molecular formula is C19H79ClN2O43P12S7+4. The molecule has 22 N–H and O–H groups in total. The molecule has 528 valence electrons. The van der Waals surface area contributed by atoms with Gasteiger partial charge in [0.1, 0.15) is 18.4 Å². The van der Waals surface area contributed by atoms with E-state index in [0.717, 1.165) is 63.5 Å². The molecule has 0 rings (SSSR count). The summed E-state index contributed by atoms with van der Waals surface area (Å²) in [5.74, 6) is -0.201. The number of nitrogens with two attached hydrogens (primary N) is 1. The van der Waals surface area contributed by atoms with Crippen LogP contribution in [0.15, 0.2) is 0 Å². The van der Waals surface area contributed by atoms with Crippen LogP contribution < -0.4 is 10.8 Å². The van der Waals surface area contributed by atoms with Crippen LogP contribution in [0.2, 0.25) is 0 Å². The Morgan fingerprint density at radius 1 is 0.607 bits per heavy atom. The first-order chi connectivity index (χ1) is 36.4. The Morgan fingerprint density at radius 3 is 0.798 bits per heavy atom. The summed E-state index contributed by atoms with van der Waals surface area (Å²) in [6.07, 6.45) is -0.267. The van der Waals surface area contributed by atoms with Crippen LogP contribution >= 0.6 is 137 Å². The fourth-order valence-electron chi connectivity index (χ4n) is 0.149. The van der Waals surface area contributed by atoms with Crippen molar-refractivity contribution in [2.75, 3.05) is 117 Å². The summed E-state index contributed by atoms with van der Waals surface area (Å²) in [6, 6.07) is 0. The van der Waals surface area contributed by atoms with E-state index in [1.54, 1.807) is 0 Å². The van der Waals surface area contributed by atoms with Crippen LogP contribution in [0.4, 0.5) is 0 Å². The number of rotatable bonds is 16. The molecule has 6 unspecified atom stereocenters. The Labute approximate surface area is 518 Å². The molecule has 0 heterocycles. The monoisotopic (exact) mass is 1650 g/mol. The maximum atomic E-state index is 10.2. The quantitative estimate of drug-likeness (QED) is 0.0597. The van der Waals surface area contributed by atoms with Gasteiger partial charge in [0, 0.05) is 93.5 Å². The van der Waals surface area contributed by atoms with E-state index in [9.17, 15) is 53.4 Å². The zero-order chi connectivity index (χ0) is 72.5. The number of thiol groups is 3.